The number of methoxy groups -OCH3 is 1. The zero-order valence-electron chi connectivity index (χ0n) is 15.1. The second kappa shape index (κ2) is 7.03. The molecule has 7 nitrogen and oxygen atoms in total. The molecule has 3 aromatic rings. The summed E-state index contributed by atoms with van der Waals surface area (Å²) in [6.07, 6.45) is 3.60. The van der Waals surface area contributed by atoms with Crippen molar-refractivity contribution in [3.8, 4) is 0 Å². The fourth-order valence-electron chi connectivity index (χ4n) is 3.22. The van der Waals surface area contributed by atoms with Gasteiger partial charge in [0.15, 0.2) is 0 Å². The topological polar surface area (TPSA) is 89.4 Å². The molecule has 2 heterocycles. The molecule has 0 aliphatic carbocycles. The molecule has 0 unspecified atom stereocenters. The van der Waals surface area contributed by atoms with Gasteiger partial charge in [-0.15, -0.1) is 0 Å². The Morgan fingerprint density at radius 3 is 2.50 bits per heavy atom. The Kier molecular flexibility index (Phi) is 4.41. The summed E-state index contributed by atoms with van der Waals surface area (Å²) in [6, 6.07) is 14.5. The minimum atomic E-state index is -0.523. The lowest BCUT2D eigenvalue weighted by molar-refractivity contribution is -0.115. The second-order valence-corrected chi connectivity index (χ2v) is 6.38. The Bertz CT molecular complexity index is 1130. The van der Waals surface area contributed by atoms with Gasteiger partial charge in [-0.1, -0.05) is 30.3 Å². The fourth-order valence-corrected chi connectivity index (χ4v) is 3.22. The number of carbonyl (C=O) groups is 3. The highest BCUT2D eigenvalue weighted by molar-refractivity contribution is 6.14. The lowest BCUT2D eigenvalue weighted by Crippen LogP contribution is -2.22. The van der Waals surface area contributed by atoms with Gasteiger partial charge in [0, 0.05) is 29.2 Å². The van der Waals surface area contributed by atoms with Crippen LogP contribution in [0.25, 0.3) is 17.0 Å². The molecule has 28 heavy (non-hydrogen) atoms. The molecule has 7 heteroatoms. The average Bonchev–Trinajstić information content (AvgIpc) is 3.21. The highest BCUT2D eigenvalue weighted by atomic mass is 16.5. The predicted molar refractivity (Wildman–Crippen MR) is 103 cm³/mol. The van der Waals surface area contributed by atoms with Gasteiger partial charge in [-0.25, -0.2) is 9.59 Å². The Hall–Kier alpha value is -3.87. The van der Waals surface area contributed by atoms with Crippen LogP contribution in [0.3, 0.4) is 0 Å². The Labute approximate surface area is 160 Å². The summed E-state index contributed by atoms with van der Waals surface area (Å²) in [5.41, 5.74) is 3.55. The van der Waals surface area contributed by atoms with Gasteiger partial charge in [-0.2, -0.15) is 0 Å². The van der Waals surface area contributed by atoms with Crippen molar-refractivity contribution in [1.82, 2.24) is 15.2 Å². The van der Waals surface area contributed by atoms with E-state index >= 15 is 0 Å². The van der Waals surface area contributed by atoms with Crippen molar-refractivity contribution in [3.63, 3.8) is 0 Å². The van der Waals surface area contributed by atoms with Gasteiger partial charge in [0.2, 0.25) is 0 Å². The average molecular weight is 375 g/mol. The molecular formula is C21H17N3O4. The first-order valence-electron chi connectivity index (χ1n) is 8.64. The van der Waals surface area contributed by atoms with E-state index in [4.69, 9.17) is 4.74 Å². The van der Waals surface area contributed by atoms with Gasteiger partial charge in [-0.3, -0.25) is 10.1 Å². The molecule has 2 N–H and O–H groups in total. The van der Waals surface area contributed by atoms with Gasteiger partial charge in [-0.05, 0) is 29.8 Å². The van der Waals surface area contributed by atoms with Crippen molar-refractivity contribution >= 4 is 34.9 Å². The molecule has 4 rings (SSSR count). The van der Waals surface area contributed by atoms with E-state index in [1.165, 1.54) is 7.11 Å². The zero-order chi connectivity index (χ0) is 19.7. The van der Waals surface area contributed by atoms with E-state index in [0.29, 0.717) is 12.1 Å². The number of hydrogen-bond donors (Lipinski definition) is 2. The van der Waals surface area contributed by atoms with Crippen LogP contribution < -0.4 is 10.6 Å². The molecule has 3 amide bonds. The van der Waals surface area contributed by atoms with E-state index < -0.39 is 11.9 Å². The minimum absolute atomic E-state index is 0.218. The van der Waals surface area contributed by atoms with Crippen LogP contribution in [-0.2, 0) is 16.1 Å². The Balaban J connectivity index is 1.69. The zero-order valence-corrected chi connectivity index (χ0v) is 15.1. The number of nitrogens with one attached hydrogen (secondary N) is 2. The van der Waals surface area contributed by atoms with Crippen LogP contribution in [0, 0.1) is 0 Å². The summed E-state index contributed by atoms with van der Waals surface area (Å²) in [4.78, 5) is 34.7. The van der Waals surface area contributed by atoms with Crippen molar-refractivity contribution in [1.29, 1.82) is 0 Å². The summed E-state index contributed by atoms with van der Waals surface area (Å²) in [5, 5.41) is 5.67. The summed E-state index contributed by atoms with van der Waals surface area (Å²) < 4.78 is 6.78. The van der Waals surface area contributed by atoms with Crippen molar-refractivity contribution < 1.29 is 19.1 Å². The standard InChI is InChI=1S/C21H17N3O4/c1-28-20(26)14-8-6-13(7-9-14)11-24-12-15(16-4-2-3-5-18(16)24)10-17-19(25)23-21(27)22-17/h2-10,12H,11H2,1H3,(H2,22,23,25,27)/b17-10-. The van der Waals surface area contributed by atoms with Gasteiger partial charge in [0.1, 0.15) is 5.70 Å². The number of carbonyl (C=O) groups excluding carboxylic acids is 3. The molecular weight excluding hydrogens is 358 g/mol. The third-order valence-electron chi connectivity index (χ3n) is 4.57. The van der Waals surface area contributed by atoms with Gasteiger partial charge < -0.3 is 14.6 Å². The fraction of sp³-hybridized carbons (Fsp3) is 0.0952. The number of para-hydroxylation sites is 1. The van der Waals surface area contributed by atoms with E-state index in [9.17, 15) is 14.4 Å². The quantitative estimate of drug-likeness (QED) is 0.417. The van der Waals surface area contributed by atoms with E-state index in [-0.39, 0.29) is 11.7 Å². The van der Waals surface area contributed by atoms with Crippen LogP contribution in [-0.4, -0.2) is 29.6 Å². The number of nitrogens with zero attached hydrogens (tertiary/aromatic N) is 1. The first-order chi connectivity index (χ1) is 13.5. The van der Waals surface area contributed by atoms with Crippen molar-refractivity contribution in [2.45, 2.75) is 6.54 Å². The number of urea groups is 1. The first-order valence-corrected chi connectivity index (χ1v) is 8.64. The van der Waals surface area contributed by atoms with Crippen LogP contribution in [0.2, 0.25) is 0 Å². The van der Waals surface area contributed by atoms with E-state index in [1.807, 2.05) is 42.6 Å². The number of imide groups is 1. The van der Waals surface area contributed by atoms with E-state index in [0.717, 1.165) is 22.0 Å². The number of fused-ring (bicyclic) bond motifs is 1. The minimum Gasteiger partial charge on any atom is -0.465 e. The van der Waals surface area contributed by atoms with E-state index in [2.05, 4.69) is 15.2 Å². The SMILES string of the molecule is COC(=O)c1ccc(Cn2cc(/C=C3\NC(=O)NC3=O)c3ccccc32)cc1. The monoisotopic (exact) mass is 375 g/mol. The van der Waals surface area contributed by atoms with Crippen molar-refractivity contribution in [3.05, 3.63) is 77.1 Å². The number of esters is 1. The highest BCUT2D eigenvalue weighted by Gasteiger charge is 2.23. The summed E-state index contributed by atoms with van der Waals surface area (Å²) in [5.74, 6) is -0.816. The largest absolute Gasteiger partial charge is 0.465 e. The number of ether oxygens (including phenoxy) is 1. The molecule has 0 atom stereocenters. The molecule has 140 valence electrons. The number of rotatable bonds is 4. The maximum Gasteiger partial charge on any atom is 0.337 e. The summed E-state index contributed by atoms with van der Waals surface area (Å²) >= 11 is 0. The third-order valence-corrected chi connectivity index (χ3v) is 4.57. The molecule has 1 aliphatic heterocycles. The molecule has 1 saturated heterocycles. The maximum atomic E-state index is 11.8. The number of amides is 3. The van der Waals surface area contributed by atoms with Crippen molar-refractivity contribution in [2.75, 3.05) is 7.11 Å². The van der Waals surface area contributed by atoms with Crippen LogP contribution in [0.1, 0.15) is 21.5 Å². The molecule has 0 bridgehead atoms. The lowest BCUT2D eigenvalue weighted by atomic mass is 10.1. The van der Waals surface area contributed by atoms with Crippen LogP contribution in [0.5, 0.6) is 0 Å². The van der Waals surface area contributed by atoms with Gasteiger partial charge in [0.25, 0.3) is 5.91 Å². The molecule has 1 aliphatic rings. The number of hydrogen-bond acceptors (Lipinski definition) is 4. The van der Waals surface area contributed by atoms with Gasteiger partial charge >= 0.3 is 12.0 Å². The second-order valence-electron chi connectivity index (χ2n) is 6.38. The summed E-state index contributed by atoms with van der Waals surface area (Å²) in [7, 11) is 1.35. The normalized spacial score (nSPS) is 15.0. The third kappa shape index (κ3) is 3.25. The lowest BCUT2D eigenvalue weighted by Gasteiger charge is -2.06. The molecule has 0 spiro atoms. The number of aromatic nitrogens is 1. The smallest absolute Gasteiger partial charge is 0.337 e. The maximum absolute atomic E-state index is 11.8. The Morgan fingerprint density at radius 1 is 1.07 bits per heavy atom. The molecule has 1 aromatic heterocycles. The molecule has 2 aromatic carbocycles. The van der Waals surface area contributed by atoms with Crippen LogP contribution in [0.4, 0.5) is 4.79 Å². The van der Waals surface area contributed by atoms with Crippen LogP contribution >= 0.6 is 0 Å². The predicted octanol–water partition coefficient (Wildman–Crippen LogP) is 2.66. The highest BCUT2D eigenvalue weighted by Crippen LogP contribution is 2.25. The molecule has 1 fully saturated rings. The first kappa shape index (κ1) is 17.5. The number of benzene rings is 2. The van der Waals surface area contributed by atoms with Crippen molar-refractivity contribution in [2.24, 2.45) is 0 Å². The Morgan fingerprint density at radius 2 is 1.82 bits per heavy atom. The van der Waals surface area contributed by atoms with E-state index in [1.54, 1.807) is 18.2 Å². The van der Waals surface area contributed by atoms with Gasteiger partial charge in [0.05, 0.1) is 12.7 Å². The summed E-state index contributed by atoms with van der Waals surface area (Å²) in [6.45, 7) is 0.587. The molecule has 0 radical (unpaired) electrons. The molecule has 0 saturated carbocycles. The van der Waals surface area contributed by atoms with Crippen LogP contribution in [0.15, 0.2) is 60.4 Å².